The van der Waals surface area contributed by atoms with Gasteiger partial charge in [-0.05, 0) is 42.9 Å². The van der Waals surface area contributed by atoms with Crippen molar-refractivity contribution in [2.24, 2.45) is 11.8 Å². The van der Waals surface area contributed by atoms with Crippen LogP contribution >= 0.6 is 0 Å². The lowest BCUT2D eigenvalue weighted by molar-refractivity contribution is 0.0692. The van der Waals surface area contributed by atoms with Crippen molar-refractivity contribution >= 4 is 11.7 Å². The van der Waals surface area contributed by atoms with E-state index in [0.717, 1.165) is 12.5 Å². The maximum Gasteiger partial charge on any atom is 0.338 e. The van der Waals surface area contributed by atoms with Crippen molar-refractivity contribution in [1.82, 2.24) is 0 Å². The molecule has 0 heterocycles. The zero-order valence-corrected chi connectivity index (χ0v) is 11.2. The lowest BCUT2D eigenvalue weighted by Gasteiger charge is -2.27. The number of benzene rings is 1. The molecule has 2 unspecified atom stereocenters. The van der Waals surface area contributed by atoms with Crippen molar-refractivity contribution in [1.29, 1.82) is 0 Å². The Hall–Kier alpha value is -1.58. The van der Waals surface area contributed by atoms with Gasteiger partial charge >= 0.3 is 5.97 Å². The Morgan fingerprint density at radius 3 is 2.89 bits per heavy atom. The highest BCUT2D eigenvalue weighted by molar-refractivity contribution is 5.88. The molecule has 3 nitrogen and oxygen atoms in total. The standard InChI is InChI=1S/C15H20FNO2/c1-10-3-2-4-11(7-10)9-17-12-5-6-13(15(18)19)14(16)8-12/h5-6,8,10-11,17H,2-4,7,9H2,1H3,(H,18,19). The first kappa shape index (κ1) is 13.8. The van der Waals surface area contributed by atoms with Crippen LogP contribution in [0, 0.1) is 17.7 Å². The quantitative estimate of drug-likeness (QED) is 0.871. The molecule has 2 atom stereocenters. The summed E-state index contributed by atoms with van der Waals surface area (Å²) < 4.78 is 13.5. The van der Waals surface area contributed by atoms with E-state index in [1.54, 1.807) is 6.07 Å². The summed E-state index contributed by atoms with van der Waals surface area (Å²) in [6.07, 6.45) is 4.99. The summed E-state index contributed by atoms with van der Waals surface area (Å²) in [5.74, 6) is -0.516. The Balaban J connectivity index is 1.92. The van der Waals surface area contributed by atoms with Crippen LogP contribution < -0.4 is 5.32 Å². The monoisotopic (exact) mass is 265 g/mol. The SMILES string of the molecule is CC1CCCC(CNc2ccc(C(=O)O)c(F)c2)C1. The Morgan fingerprint density at radius 2 is 2.26 bits per heavy atom. The van der Waals surface area contributed by atoms with Crippen molar-refractivity contribution < 1.29 is 14.3 Å². The molecule has 1 aliphatic rings. The topological polar surface area (TPSA) is 49.3 Å². The molecule has 0 aliphatic heterocycles. The highest BCUT2D eigenvalue weighted by atomic mass is 19.1. The molecule has 19 heavy (non-hydrogen) atoms. The molecule has 2 rings (SSSR count). The molecule has 2 N–H and O–H groups in total. The lowest BCUT2D eigenvalue weighted by atomic mass is 9.82. The molecule has 0 radical (unpaired) electrons. The summed E-state index contributed by atoms with van der Waals surface area (Å²) in [7, 11) is 0. The zero-order chi connectivity index (χ0) is 13.8. The molecule has 0 spiro atoms. The highest BCUT2D eigenvalue weighted by Gasteiger charge is 2.18. The summed E-state index contributed by atoms with van der Waals surface area (Å²) in [4.78, 5) is 10.7. The minimum atomic E-state index is -1.23. The second-order valence-electron chi connectivity index (χ2n) is 5.52. The fraction of sp³-hybridized carbons (Fsp3) is 0.533. The molecule has 1 aliphatic carbocycles. The van der Waals surface area contributed by atoms with E-state index in [4.69, 9.17) is 5.11 Å². The largest absolute Gasteiger partial charge is 0.478 e. The number of anilines is 1. The van der Waals surface area contributed by atoms with E-state index in [9.17, 15) is 9.18 Å². The summed E-state index contributed by atoms with van der Waals surface area (Å²) in [6, 6.07) is 4.19. The third-order valence-electron chi connectivity index (χ3n) is 3.84. The van der Waals surface area contributed by atoms with E-state index in [1.165, 1.54) is 37.8 Å². The molecule has 0 saturated heterocycles. The summed E-state index contributed by atoms with van der Waals surface area (Å²) in [5.41, 5.74) is 0.373. The molecule has 0 aromatic heterocycles. The van der Waals surface area contributed by atoms with Crippen molar-refractivity contribution in [2.75, 3.05) is 11.9 Å². The van der Waals surface area contributed by atoms with Crippen LogP contribution in [0.3, 0.4) is 0 Å². The average Bonchev–Trinajstić information content (AvgIpc) is 2.36. The van der Waals surface area contributed by atoms with Gasteiger partial charge in [-0.3, -0.25) is 0 Å². The first-order valence-electron chi connectivity index (χ1n) is 6.83. The fourth-order valence-electron chi connectivity index (χ4n) is 2.81. The molecule has 4 heteroatoms. The highest BCUT2D eigenvalue weighted by Crippen LogP contribution is 2.28. The molecular formula is C15H20FNO2. The third-order valence-corrected chi connectivity index (χ3v) is 3.84. The van der Waals surface area contributed by atoms with Gasteiger partial charge < -0.3 is 10.4 Å². The fourth-order valence-corrected chi connectivity index (χ4v) is 2.81. The third kappa shape index (κ3) is 3.69. The number of hydrogen-bond donors (Lipinski definition) is 2. The smallest absolute Gasteiger partial charge is 0.338 e. The van der Waals surface area contributed by atoms with E-state index >= 15 is 0 Å². The molecule has 0 amide bonds. The molecule has 0 bridgehead atoms. The predicted molar refractivity (Wildman–Crippen MR) is 73.0 cm³/mol. The van der Waals surface area contributed by atoms with Gasteiger partial charge in [-0.25, -0.2) is 9.18 Å². The molecular weight excluding hydrogens is 245 g/mol. The first-order valence-corrected chi connectivity index (χ1v) is 6.83. The number of halogens is 1. The number of carbonyl (C=O) groups is 1. The average molecular weight is 265 g/mol. The predicted octanol–water partition coefficient (Wildman–Crippen LogP) is 3.76. The van der Waals surface area contributed by atoms with Crippen LogP contribution in [0.1, 0.15) is 43.0 Å². The molecule has 1 fully saturated rings. The van der Waals surface area contributed by atoms with Crippen molar-refractivity contribution in [3.63, 3.8) is 0 Å². The summed E-state index contributed by atoms with van der Waals surface area (Å²) >= 11 is 0. The Labute approximate surface area is 112 Å². The molecule has 1 saturated carbocycles. The van der Waals surface area contributed by atoms with Crippen molar-refractivity contribution in [3.8, 4) is 0 Å². The van der Waals surface area contributed by atoms with Crippen LogP contribution in [0.25, 0.3) is 0 Å². The van der Waals surface area contributed by atoms with E-state index in [0.29, 0.717) is 11.6 Å². The molecule has 1 aromatic rings. The zero-order valence-electron chi connectivity index (χ0n) is 11.2. The Morgan fingerprint density at radius 1 is 1.47 bits per heavy atom. The van der Waals surface area contributed by atoms with E-state index in [1.807, 2.05) is 0 Å². The van der Waals surface area contributed by atoms with Crippen LogP contribution in [0.2, 0.25) is 0 Å². The second-order valence-corrected chi connectivity index (χ2v) is 5.52. The minimum Gasteiger partial charge on any atom is -0.478 e. The Bertz CT molecular complexity index is 461. The van der Waals surface area contributed by atoms with Crippen LogP contribution in [-0.2, 0) is 0 Å². The van der Waals surface area contributed by atoms with Crippen LogP contribution in [0.4, 0.5) is 10.1 Å². The van der Waals surface area contributed by atoms with Crippen LogP contribution in [0.5, 0.6) is 0 Å². The van der Waals surface area contributed by atoms with Gasteiger partial charge in [0.2, 0.25) is 0 Å². The normalized spacial score (nSPS) is 23.1. The van der Waals surface area contributed by atoms with Gasteiger partial charge in [-0.1, -0.05) is 19.8 Å². The van der Waals surface area contributed by atoms with E-state index in [2.05, 4.69) is 12.2 Å². The Kier molecular flexibility index (Phi) is 4.40. The van der Waals surface area contributed by atoms with E-state index < -0.39 is 11.8 Å². The van der Waals surface area contributed by atoms with Crippen molar-refractivity contribution in [2.45, 2.75) is 32.6 Å². The lowest BCUT2D eigenvalue weighted by Crippen LogP contribution is -2.21. The van der Waals surface area contributed by atoms with Gasteiger partial charge in [0.25, 0.3) is 0 Å². The van der Waals surface area contributed by atoms with Gasteiger partial charge in [0.05, 0.1) is 5.56 Å². The van der Waals surface area contributed by atoms with Gasteiger partial charge in [-0.2, -0.15) is 0 Å². The summed E-state index contributed by atoms with van der Waals surface area (Å²) in [5, 5.41) is 12.0. The van der Waals surface area contributed by atoms with Crippen LogP contribution in [0.15, 0.2) is 18.2 Å². The van der Waals surface area contributed by atoms with Gasteiger partial charge in [0, 0.05) is 12.2 Å². The van der Waals surface area contributed by atoms with Gasteiger partial charge in [0.15, 0.2) is 0 Å². The minimum absolute atomic E-state index is 0.281. The number of hydrogen-bond acceptors (Lipinski definition) is 2. The first-order chi connectivity index (χ1) is 9.06. The summed E-state index contributed by atoms with van der Waals surface area (Å²) in [6.45, 7) is 3.10. The number of nitrogens with one attached hydrogen (secondary N) is 1. The number of carboxylic acids is 1. The number of carboxylic acid groups (broad SMARTS) is 1. The second kappa shape index (κ2) is 6.04. The number of rotatable bonds is 4. The van der Waals surface area contributed by atoms with Gasteiger partial charge in [-0.15, -0.1) is 0 Å². The maximum absolute atomic E-state index is 13.5. The maximum atomic E-state index is 13.5. The molecule has 1 aromatic carbocycles. The van der Waals surface area contributed by atoms with Crippen molar-refractivity contribution in [3.05, 3.63) is 29.6 Å². The van der Waals surface area contributed by atoms with Crippen LogP contribution in [-0.4, -0.2) is 17.6 Å². The van der Waals surface area contributed by atoms with E-state index in [-0.39, 0.29) is 5.56 Å². The molecule has 104 valence electrons. The van der Waals surface area contributed by atoms with Gasteiger partial charge in [0.1, 0.15) is 5.82 Å². The number of aromatic carboxylic acids is 1.